The number of nitrogens with one attached hydrogen (secondary N) is 1. The Kier molecular flexibility index (Phi) is 4.19. The summed E-state index contributed by atoms with van der Waals surface area (Å²) in [6.07, 6.45) is 0. The molecule has 0 saturated heterocycles. The molecule has 94 valence electrons. The maximum Gasteiger partial charge on any atom is 0.337 e. The molecule has 0 heterocycles. The fourth-order valence-electron chi connectivity index (χ4n) is 1.01. The van der Waals surface area contributed by atoms with E-state index in [0.29, 0.717) is 5.69 Å². The highest BCUT2D eigenvalue weighted by Crippen LogP contribution is 2.27. The van der Waals surface area contributed by atoms with Crippen LogP contribution in [0.5, 0.6) is 0 Å². The third-order valence-electron chi connectivity index (χ3n) is 2.08. The molecule has 1 aromatic rings. The second kappa shape index (κ2) is 5.08. The molecule has 0 bridgehead atoms. The molecule has 7 heteroatoms. The molecule has 0 saturated carbocycles. The van der Waals surface area contributed by atoms with Gasteiger partial charge in [-0.25, -0.2) is 9.18 Å². The van der Waals surface area contributed by atoms with Crippen LogP contribution < -0.4 is 5.32 Å². The third-order valence-corrected chi connectivity index (χ3v) is 2.63. The number of hydrogen-bond donors (Lipinski definition) is 3. The fraction of sp³-hybridized carbons (Fsp3) is 0.300. The lowest BCUT2D eigenvalue weighted by molar-refractivity contribution is -0.155. The lowest BCUT2D eigenvalue weighted by Crippen LogP contribution is -2.41. The molecule has 0 aliphatic heterocycles. The van der Waals surface area contributed by atoms with Gasteiger partial charge in [-0.15, -0.1) is 0 Å². The monoisotopic (exact) mass is 281 g/mol. The number of aliphatic hydroxyl groups is 1. The minimum absolute atomic E-state index is 0.185. The van der Waals surface area contributed by atoms with E-state index in [1.54, 1.807) is 0 Å². The van der Waals surface area contributed by atoms with E-state index < -0.39 is 17.4 Å². The lowest BCUT2D eigenvalue weighted by atomic mass is 10.1. The number of halogens is 3. The smallest absolute Gasteiger partial charge is 0.337 e. The van der Waals surface area contributed by atoms with Crippen LogP contribution in [-0.2, 0) is 4.79 Å². The van der Waals surface area contributed by atoms with Gasteiger partial charge in [-0.05, 0) is 19.1 Å². The largest absolute Gasteiger partial charge is 0.479 e. The summed E-state index contributed by atoms with van der Waals surface area (Å²) in [5.74, 6) is -2.12. The number of carboxylic acid groups (broad SMARTS) is 1. The minimum Gasteiger partial charge on any atom is -0.479 e. The van der Waals surface area contributed by atoms with Crippen LogP contribution in [0, 0.1) is 5.82 Å². The highest BCUT2D eigenvalue weighted by molar-refractivity contribution is 6.35. The second-order valence-electron chi connectivity index (χ2n) is 3.69. The van der Waals surface area contributed by atoms with Crippen LogP contribution in [0.1, 0.15) is 6.92 Å². The van der Waals surface area contributed by atoms with Gasteiger partial charge in [-0.2, -0.15) is 0 Å². The minimum atomic E-state index is -1.94. The van der Waals surface area contributed by atoms with E-state index in [1.807, 2.05) is 0 Å². The van der Waals surface area contributed by atoms with Gasteiger partial charge in [-0.1, -0.05) is 23.2 Å². The Morgan fingerprint density at radius 3 is 2.35 bits per heavy atom. The highest BCUT2D eigenvalue weighted by atomic mass is 35.5. The van der Waals surface area contributed by atoms with Crippen molar-refractivity contribution in [3.63, 3.8) is 0 Å². The van der Waals surface area contributed by atoms with Crippen LogP contribution in [0.4, 0.5) is 10.1 Å². The summed E-state index contributed by atoms with van der Waals surface area (Å²) in [5.41, 5.74) is -1.62. The predicted molar refractivity (Wildman–Crippen MR) is 63.2 cm³/mol. The first-order valence-electron chi connectivity index (χ1n) is 4.58. The van der Waals surface area contributed by atoms with Crippen LogP contribution in [0.15, 0.2) is 12.1 Å². The van der Waals surface area contributed by atoms with Crippen molar-refractivity contribution >= 4 is 34.9 Å². The summed E-state index contributed by atoms with van der Waals surface area (Å²) in [4.78, 5) is 10.6. The van der Waals surface area contributed by atoms with Crippen molar-refractivity contribution in [3.05, 3.63) is 28.0 Å². The Balaban J connectivity index is 2.81. The summed E-state index contributed by atoms with van der Waals surface area (Å²) in [7, 11) is 0. The zero-order valence-corrected chi connectivity index (χ0v) is 10.3. The molecule has 3 N–H and O–H groups in total. The third kappa shape index (κ3) is 3.46. The van der Waals surface area contributed by atoms with E-state index >= 15 is 0 Å². The van der Waals surface area contributed by atoms with E-state index in [4.69, 9.17) is 28.3 Å². The zero-order valence-electron chi connectivity index (χ0n) is 8.80. The Labute approximate surface area is 107 Å². The van der Waals surface area contributed by atoms with Crippen molar-refractivity contribution < 1.29 is 19.4 Å². The van der Waals surface area contributed by atoms with Gasteiger partial charge in [0.05, 0.1) is 16.6 Å². The molecule has 1 aromatic carbocycles. The molecule has 0 amide bonds. The van der Waals surface area contributed by atoms with Crippen LogP contribution in [0.2, 0.25) is 10.0 Å². The Hall–Kier alpha value is -1.04. The van der Waals surface area contributed by atoms with Crippen molar-refractivity contribution in [2.75, 3.05) is 11.9 Å². The first kappa shape index (κ1) is 14.0. The molecule has 0 aromatic heterocycles. The topological polar surface area (TPSA) is 69.6 Å². The molecule has 0 fully saturated rings. The summed E-state index contributed by atoms with van der Waals surface area (Å²) < 4.78 is 13.1. The van der Waals surface area contributed by atoms with Gasteiger partial charge in [0.2, 0.25) is 0 Å². The quantitative estimate of drug-likeness (QED) is 0.741. The van der Waals surface area contributed by atoms with Gasteiger partial charge in [0, 0.05) is 5.69 Å². The SMILES string of the molecule is CC(O)(CNc1cc(Cl)c(F)c(Cl)c1)C(=O)O. The molecule has 1 atom stereocenters. The van der Waals surface area contributed by atoms with Crippen molar-refractivity contribution in [1.29, 1.82) is 0 Å². The molecular weight excluding hydrogens is 272 g/mol. The van der Waals surface area contributed by atoms with Gasteiger partial charge in [-0.3, -0.25) is 0 Å². The highest BCUT2D eigenvalue weighted by Gasteiger charge is 2.29. The predicted octanol–water partition coefficient (Wildman–Crippen LogP) is 2.38. The summed E-state index contributed by atoms with van der Waals surface area (Å²) in [6.45, 7) is 0.871. The maximum atomic E-state index is 13.1. The van der Waals surface area contributed by atoms with E-state index in [2.05, 4.69) is 5.32 Å². The molecule has 1 unspecified atom stereocenters. The van der Waals surface area contributed by atoms with Crippen molar-refractivity contribution in [3.8, 4) is 0 Å². The normalized spacial score (nSPS) is 14.2. The number of rotatable bonds is 4. The molecule has 4 nitrogen and oxygen atoms in total. The number of anilines is 1. The molecule has 0 aliphatic carbocycles. The summed E-state index contributed by atoms with van der Waals surface area (Å²) in [6, 6.07) is 2.50. The molecular formula is C10H10Cl2FNO3. The molecule has 0 radical (unpaired) electrons. The molecule has 17 heavy (non-hydrogen) atoms. The van der Waals surface area contributed by atoms with Crippen LogP contribution in [0.25, 0.3) is 0 Å². The van der Waals surface area contributed by atoms with Crippen LogP contribution in [-0.4, -0.2) is 28.3 Å². The number of aliphatic carboxylic acids is 1. The lowest BCUT2D eigenvalue weighted by Gasteiger charge is -2.19. The number of benzene rings is 1. The van der Waals surface area contributed by atoms with Crippen molar-refractivity contribution in [2.45, 2.75) is 12.5 Å². The molecule has 0 spiro atoms. The fourth-order valence-corrected chi connectivity index (χ4v) is 1.49. The van der Waals surface area contributed by atoms with E-state index in [1.165, 1.54) is 12.1 Å². The standard InChI is InChI=1S/C10H10Cl2FNO3/c1-10(17,9(15)16)4-14-5-2-6(11)8(13)7(12)3-5/h2-3,14,17H,4H2,1H3,(H,15,16). The molecule has 0 aliphatic rings. The Morgan fingerprint density at radius 2 is 1.94 bits per heavy atom. The molecule has 1 rings (SSSR count). The number of carboxylic acids is 1. The van der Waals surface area contributed by atoms with E-state index in [-0.39, 0.29) is 16.6 Å². The summed E-state index contributed by atoms with van der Waals surface area (Å²) >= 11 is 11.1. The Morgan fingerprint density at radius 1 is 1.47 bits per heavy atom. The van der Waals surface area contributed by atoms with Crippen molar-refractivity contribution in [1.82, 2.24) is 0 Å². The second-order valence-corrected chi connectivity index (χ2v) is 4.50. The zero-order chi connectivity index (χ0) is 13.2. The van der Waals surface area contributed by atoms with Crippen molar-refractivity contribution in [2.24, 2.45) is 0 Å². The number of hydrogen-bond acceptors (Lipinski definition) is 3. The summed E-state index contributed by atoms with van der Waals surface area (Å²) in [5, 5.41) is 20.4. The maximum absolute atomic E-state index is 13.1. The van der Waals surface area contributed by atoms with E-state index in [0.717, 1.165) is 6.92 Å². The first-order valence-corrected chi connectivity index (χ1v) is 5.34. The first-order chi connectivity index (χ1) is 7.74. The average Bonchev–Trinajstić information content (AvgIpc) is 2.22. The van der Waals surface area contributed by atoms with Gasteiger partial charge in [0.1, 0.15) is 0 Å². The van der Waals surface area contributed by atoms with Crippen LogP contribution >= 0.6 is 23.2 Å². The van der Waals surface area contributed by atoms with Gasteiger partial charge in [0.25, 0.3) is 0 Å². The number of carbonyl (C=O) groups is 1. The van der Waals surface area contributed by atoms with Gasteiger partial charge in [0.15, 0.2) is 11.4 Å². The Bertz CT molecular complexity index is 428. The average molecular weight is 282 g/mol. The van der Waals surface area contributed by atoms with E-state index in [9.17, 15) is 14.3 Å². The van der Waals surface area contributed by atoms with Gasteiger partial charge >= 0.3 is 5.97 Å². The van der Waals surface area contributed by atoms with Gasteiger partial charge < -0.3 is 15.5 Å². The van der Waals surface area contributed by atoms with Crippen LogP contribution in [0.3, 0.4) is 0 Å².